The van der Waals surface area contributed by atoms with E-state index < -0.39 is 0 Å². The minimum Gasteiger partial charge on any atom is -0.493 e. The van der Waals surface area contributed by atoms with Gasteiger partial charge in [-0.1, -0.05) is 12.1 Å². The molecule has 0 heterocycles. The topological polar surface area (TPSA) is 53.7 Å². The summed E-state index contributed by atoms with van der Waals surface area (Å²) >= 11 is 0. The number of benzene rings is 1. The summed E-state index contributed by atoms with van der Waals surface area (Å²) < 4.78 is 11.2. The Morgan fingerprint density at radius 3 is 2.82 bits per heavy atom. The molecule has 0 saturated heterocycles. The molecule has 0 spiro atoms. The standard InChI is InChI=1S/C13H19NO3/c1-15-12-4-2-3-11(7-8-17-14)13(12)16-9-10-5-6-10/h2-4,10H,5-9,14H2,1H3. The number of nitrogens with two attached hydrogens (primary N) is 1. The lowest BCUT2D eigenvalue weighted by Crippen LogP contribution is -2.07. The van der Waals surface area contributed by atoms with Crippen molar-refractivity contribution < 1.29 is 14.3 Å². The second-order valence-electron chi connectivity index (χ2n) is 4.32. The Hall–Kier alpha value is -1.26. The van der Waals surface area contributed by atoms with Crippen molar-refractivity contribution >= 4 is 0 Å². The Kier molecular flexibility index (Phi) is 4.23. The minimum absolute atomic E-state index is 0.479. The molecule has 4 heteroatoms. The average molecular weight is 237 g/mol. The van der Waals surface area contributed by atoms with E-state index in [4.69, 9.17) is 15.4 Å². The van der Waals surface area contributed by atoms with E-state index in [9.17, 15) is 0 Å². The molecule has 0 amide bonds. The van der Waals surface area contributed by atoms with Crippen LogP contribution in [-0.4, -0.2) is 20.3 Å². The number of rotatable bonds is 7. The molecule has 1 aliphatic carbocycles. The highest BCUT2D eigenvalue weighted by Crippen LogP contribution is 2.35. The van der Waals surface area contributed by atoms with Crippen LogP contribution in [0.25, 0.3) is 0 Å². The van der Waals surface area contributed by atoms with Gasteiger partial charge in [-0.3, -0.25) is 0 Å². The summed E-state index contributed by atoms with van der Waals surface area (Å²) in [4.78, 5) is 4.62. The van der Waals surface area contributed by atoms with E-state index >= 15 is 0 Å². The van der Waals surface area contributed by atoms with Gasteiger partial charge in [-0.25, -0.2) is 5.90 Å². The fourth-order valence-corrected chi connectivity index (χ4v) is 1.74. The summed E-state index contributed by atoms with van der Waals surface area (Å²) in [5.41, 5.74) is 1.08. The molecule has 1 fully saturated rings. The molecule has 1 aliphatic rings. The van der Waals surface area contributed by atoms with Crippen LogP contribution < -0.4 is 15.4 Å². The highest BCUT2D eigenvalue weighted by molar-refractivity contribution is 5.46. The van der Waals surface area contributed by atoms with Gasteiger partial charge in [0.15, 0.2) is 11.5 Å². The molecule has 2 rings (SSSR count). The van der Waals surface area contributed by atoms with Gasteiger partial charge in [-0.2, -0.15) is 0 Å². The molecular formula is C13H19NO3. The second kappa shape index (κ2) is 5.89. The first-order valence-corrected chi connectivity index (χ1v) is 5.95. The molecule has 0 aliphatic heterocycles. The summed E-state index contributed by atoms with van der Waals surface area (Å²) in [7, 11) is 1.66. The molecule has 0 unspecified atom stereocenters. The minimum atomic E-state index is 0.479. The van der Waals surface area contributed by atoms with Gasteiger partial charge in [-0.05, 0) is 24.8 Å². The lowest BCUT2D eigenvalue weighted by molar-refractivity contribution is 0.140. The third kappa shape index (κ3) is 3.35. The second-order valence-corrected chi connectivity index (χ2v) is 4.32. The number of hydrogen-bond acceptors (Lipinski definition) is 4. The van der Waals surface area contributed by atoms with Gasteiger partial charge in [0.1, 0.15) is 0 Å². The maximum Gasteiger partial charge on any atom is 0.164 e. The van der Waals surface area contributed by atoms with Gasteiger partial charge in [0.25, 0.3) is 0 Å². The number of para-hydroxylation sites is 1. The molecule has 1 aromatic rings. The lowest BCUT2D eigenvalue weighted by atomic mass is 10.1. The quantitative estimate of drug-likeness (QED) is 0.736. The number of hydrogen-bond donors (Lipinski definition) is 1. The van der Waals surface area contributed by atoms with Crippen LogP contribution in [0.15, 0.2) is 18.2 Å². The molecule has 17 heavy (non-hydrogen) atoms. The van der Waals surface area contributed by atoms with Crippen molar-refractivity contribution in [3.8, 4) is 11.5 Å². The van der Waals surface area contributed by atoms with Crippen molar-refractivity contribution in [1.29, 1.82) is 0 Å². The van der Waals surface area contributed by atoms with Crippen molar-refractivity contribution in [3.05, 3.63) is 23.8 Å². The average Bonchev–Trinajstić information content (AvgIpc) is 3.18. The van der Waals surface area contributed by atoms with Gasteiger partial charge in [-0.15, -0.1) is 0 Å². The van der Waals surface area contributed by atoms with E-state index in [0.717, 1.165) is 36.0 Å². The summed E-state index contributed by atoms with van der Waals surface area (Å²) in [6, 6.07) is 5.88. The van der Waals surface area contributed by atoms with E-state index in [-0.39, 0.29) is 0 Å². The van der Waals surface area contributed by atoms with E-state index in [0.29, 0.717) is 6.61 Å². The molecule has 0 aromatic heterocycles. The first-order valence-electron chi connectivity index (χ1n) is 5.95. The number of ether oxygens (including phenoxy) is 2. The molecular weight excluding hydrogens is 218 g/mol. The van der Waals surface area contributed by atoms with Crippen molar-refractivity contribution in [1.82, 2.24) is 0 Å². The van der Waals surface area contributed by atoms with Crippen LogP contribution in [0.1, 0.15) is 18.4 Å². The highest BCUT2D eigenvalue weighted by Gasteiger charge is 2.23. The molecule has 1 aromatic carbocycles. The molecule has 0 radical (unpaired) electrons. The zero-order chi connectivity index (χ0) is 12.1. The normalized spacial score (nSPS) is 14.7. The van der Waals surface area contributed by atoms with E-state index in [1.54, 1.807) is 7.11 Å². The molecule has 94 valence electrons. The highest BCUT2D eigenvalue weighted by atomic mass is 16.6. The third-order valence-corrected chi connectivity index (χ3v) is 2.93. The zero-order valence-corrected chi connectivity index (χ0v) is 10.1. The van der Waals surface area contributed by atoms with E-state index in [1.807, 2.05) is 18.2 Å². The Balaban J connectivity index is 2.09. The predicted octanol–water partition coefficient (Wildman–Crippen LogP) is 1.92. The SMILES string of the molecule is COc1cccc(CCON)c1OCC1CC1. The maximum atomic E-state index is 5.86. The molecule has 0 bridgehead atoms. The molecule has 2 N–H and O–H groups in total. The fraction of sp³-hybridized carbons (Fsp3) is 0.538. The fourth-order valence-electron chi connectivity index (χ4n) is 1.74. The number of methoxy groups -OCH3 is 1. The van der Waals surface area contributed by atoms with E-state index in [1.165, 1.54) is 12.8 Å². The smallest absolute Gasteiger partial charge is 0.164 e. The van der Waals surface area contributed by atoms with Crippen LogP contribution in [0.2, 0.25) is 0 Å². The largest absolute Gasteiger partial charge is 0.493 e. The van der Waals surface area contributed by atoms with Gasteiger partial charge in [0.2, 0.25) is 0 Å². The van der Waals surface area contributed by atoms with Gasteiger partial charge >= 0.3 is 0 Å². The third-order valence-electron chi connectivity index (χ3n) is 2.93. The first kappa shape index (κ1) is 12.2. The summed E-state index contributed by atoms with van der Waals surface area (Å²) in [6.07, 6.45) is 3.28. The van der Waals surface area contributed by atoms with Crippen molar-refractivity contribution in [2.24, 2.45) is 11.8 Å². The van der Waals surface area contributed by atoms with Crippen LogP contribution in [0.4, 0.5) is 0 Å². The van der Waals surface area contributed by atoms with Gasteiger partial charge in [0, 0.05) is 12.0 Å². The Bertz CT molecular complexity index is 364. The Labute approximate surface area is 102 Å². The van der Waals surface area contributed by atoms with Crippen molar-refractivity contribution in [2.45, 2.75) is 19.3 Å². The maximum absolute atomic E-state index is 5.86. The van der Waals surface area contributed by atoms with E-state index in [2.05, 4.69) is 4.84 Å². The van der Waals surface area contributed by atoms with Gasteiger partial charge < -0.3 is 14.3 Å². The predicted molar refractivity (Wildman–Crippen MR) is 65.1 cm³/mol. The van der Waals surface area contributed by atoms with Crippen LogP contribution >= 0.6 is 0 Å². The van der Waals surface area contributed by atoms with Crippen LogP contribution in [0.5, 0.6) is 11.5 Å². The molecule has 1 saturated carbocycles. The van der Waals surface area contributed by atoms with Gasteiger partial charge in [0.05, 0.1) is 20.3 Å². The summed E-state index contributed by atoms with van der Waals surface area (Å²) in [6.45, 7) is 1.25. The van der Waals surface area contributed by atoms with Crippen molar-refractivity contribution in [2.75, 3.05) is 20.3 Å². The van der Waals surface area contributed by atoms with Crippen LogP contribution in [0.3, 0.4) is 0 Å². The summed E-state index contributed by atoms with van der Waals surface area (Å²) in [5.74, 6) is 7.39. The Morgan fingerprint density at radius 2 is 2.18 bits per heavy atom. The van der Waals surface area contributed by atoms with Crippen LogP contribution in [0, 0.1) is 5.92 Å². The monoisotopic (exact) mass is 237 g/mol. The molecule has 4 nitrogen and oxygen atoms in total. The lowest BCUT2D eigenvalue weighted by Gasteiger charge is -2.14. The zero-order valence-electron chi connectivity index (χ0n) is 10.1. The molecule has 0 atom stereocenters. The first-order chi connectivity index (χ1) is 8.35. The summed E-state index contributed by atoms with van der Waals surface area (Å²) in [5, 5.41) is 0. The van der Waals surface area contributed by atoms with Crippen LogP contribution in [-0.2, 0) is 11.3 Å². The van der Waals surface area contributed by atoms with Crippen molar-refractivity contribution in [3.63, 3.8) is 0 Å². The Morgan fingerprint density at radius 1 is 1.35 bits per heavy atom.